The molecule has 1 atom stereocenters. The molecule has 1 aliphatic rings. The van der Waals surface area contributed by atoms with Crippen molar-refractivity contribution in [3.8, 4) is 11.4 Å². The van der Waals surface area contributed by atoms with Crippen LogP contribution in [-0.4, -0.2) is 15.8 Å². The van der Waals surface area contributed by atoms with Gasteiger partial charge in [-0.05, 0) is 18.1 Å². The molecule has 0 amide bonds. The summed E-state index contributed by atoms with van der Waals surface area (Å²) in [4.78, 5) is 20.6. The molecule has 1 heterocycles. The van der Waals surface area contributed by atoms with Gasteiger partial charge < -0.3 is 0 Å². The van der Waals surface area contributed by atoms with Gasteiger partial charge in [-0.15, -0.1) is 0 Å². The first-order valence-corrected chi connectivity index (χ1v) is 5.71. The van der Waals surface area contributed by atoms with Crippen molar-refractivity contribution < 1.29 is 4.79 Å². The zero-order valence-corrected chi connectivity index (χ0v) is 9.55. The Kier molecular flexibility index (Phi) is 2.25. The topological polar surface area (TPSA) is 42.9 Å². The minimum Gasteiger partial charge on any atom is -0.294 e. The number of carbonyl (C=O) groups is 1. The van der Waals surface area contributed by atoms with E-state index in [-0.39, 0.29) is 11.7 Å². The van der Waals surface area contributed by atoms with Gasteiger partial charge in [-0.3, -0.25) is 4.79 Å². The summed E-state index contributed by atoms with van der Waals surface area (Å²) in [6, 6.07) is 7.68. The van der Waals surface area contributed by atoms with Crippen LogP contribution < -0.4 is 0 Å². The highest BCUT2D eigenvalue weighted by molar-refractivity contribution is 6.06. The van der Waals surface area contributed by atoms with E-state index in [2.05, 4.69) is 9.97 Å². The molecular formula is C14H12N2O. The molecule has 1 aromatic heterocycles. The van der Waals surface area contributed by atoms with Gasteiger partial charge in [0.1, 0.15) is 0 Å². The average molecular weight is 224 g/mol. The van der Waals surface area contributed by atoms with E-state index in [0.717, 1.165) is 23.1 Å². The van der Waals surface area contributed by atoms with Gasteiger partial charge in [-0.1, -0.05) is 25.1 Å². The molecule has 1 aromatic carbocycles. The second kappa shape index (κ2) is 3.77. The van der Waals surface area contributed by atoms with Crippen LogP contribution in [-0.2, 0) is 6.42 Å². The van der Waals surface area contributed by atoms with Crippen LogP contribution in [0.4, 0.5) is 0 Å². The van der Waals surface area contributed by atoms with Crippen LogP contribution in [0.3, 0.4) is 0 Å². The molecule has 3 nitrogen and oxygen atoms in total. The first-order valence-electron chi connectivity index (χ1n) is 5.71. The van der Waals surface area contributed by atoms with Crippen molar-refractivity contribution in [3.63, 3.8) is 0 Å². The largest absolute Gasteiger partial charge is 0.294 e. The fourth-order valence-corrected chi connectivity index (χ4v) is 2.35. The predicted molar refractivity (Wildman–Crippen MR) is 64.7 cm³/mol. The lowest BCUT2D eigenvalue weighted by atomic mass is 10.0. The third-order valence-electron chi connectivity index (χ3n) is 3.18. The Bertz CT molecular complexity index is 578. The molecular weight excluding hydrogens is 212 g/mol. The van der Waals surface area contributed by atoms with E-state index in [1.54, 1.807) is 18.5 Å². The summed E-state index contributed by atoms with van der Waals surface area (Å²) in [5.74, 6) is 0.921. The van der Waals surface area contributed by atoms with Crippen molar-refractivity contribution in [1.29, 1.82) is 0 Å². The molecule has 1 unspecified atom stereocenters. The lowest BCUT2D eigenvalue weighted by Gasteiger charge is -2.05. The lowest BCUT2D eigenvalue weighted by Crippen LogP contribution is -2.05. The van der Waals surface area contributed by atoms with Crippen LogP contribution >= 0.6 is 0 Å². The minimum atomic E-state index is 0.0786. The number of ketones is 1. The van der Waals surface area contributed by atoms with E-state index >= 15 is 0 Å². The van der Waals surface area contributed by atoms with E-state index in [9.17, 15) is 4.79 Å². The smallest absolute Gasteiger partial charge is 0.167 e. The van der Waals surface area contributed by atoms with E-state index in [4.69, 9.17) is 0 Å². The number of hydrogen-bond acceptors (Lipinski definition) is 3. The Morgan fingerprint density at radius 2 is 1.94 bits per heavy atom. The number of carbonyl (C=O) groups excluding carboxylic acids is 1. The molecule has 0 radical (unpaired) electrons. The van der Waals surface area contributed by atoms with Gasteiger partial charge >= 0.3 is 0 Å². The second-order valence-corrected chi connectivity index (χ2v) is 4.38. The third-order valence-corrected chi connectivity index (χ3v) is 3.18. The first kappa shape index (κ1) is 10.1. The number of rotatable bonds is 1. The van der Waals surface area contributed by atoms with E-state index in [1.165, 1.54) is 0 Å². The summed E-state index contributed by atoms with van der Waals surface area (Å²) in [6.45, 7) is 1.97. The van der Waals surface area contributed by atoms with E-state index < -0.39 is 0 Å². The van der Waals surface area contributed by atoms with Crippen molar-refractivity contribution in [3.05, 3.63) is 47.8 Å². The zero-order chi connectivity index (χ0) is 11.8. The highest BCUT2D eigenvalue weighted by Gasteiger charge is 2.29. The van der Waals surface area contributed by atoms with Gasteiger partial charge in [-0.25, -0.2) is 9.97 Å². The first-order chi connectivity index (χ1) is 8.27. The molecule has 84 valence electrons. The molecule has 0 bridgehead atoms. The molecule has 0 spiro atoms. The predicted octanol–water partition coefficient (Wildman–Crippen LogP) is 2.52. The molecule has 0 fully saturated rings. The minimum absolute atomic E-state index is 0.0786. The van der Waals surface area contributed by atoms with Crippen LogP contribution in [0.2, 0.25) is 0 Å². The molecule has 3 rings (SSSR count). The van der Waals surface area contributed by atoms with Gasteiger partial charge in [0.25, 0.3) is 0 Å². The van der Waals surface area contributed by atoms with Crippen molar-refractivity contribution in [2.24, 2.45) is 5.92 Å². The molecule has 0 saturated carbocycles. The number of benzene rings is 1. The lowest BCUT2D eigenvalue weighted by molar-refractivity contribution is 0.0947. The second-order valence-electron chi connectivity index (χ2n) is 4.38. The van der Waals surface area contributed by atoms with Crippen molar-refractivity contribution in [2.45, 2.75) is 13.3 Å². The molecule has 0 aliphatic heterocycles. The maximum atomic E-state index is 12.1. The monoisotopic (exact) mass is 224 g/mol. The maximum absolute atomic E-state index is 12.1. The molecule has 2 aromatic rings. The third kappa shape index (κ3) is 1.55. The van der Waals surface area contributed by atoms with Gasteiger partial charge in [0.05, 0.1) is 0 Å². The number of hydrogen-bond donors (Lipinski definition) is 0. The normalized spacial score (nSPS) is 18.2. The molecule has 17 heavy (non-hydrogen) atoms. The van der Waals surface area contributed by atoms with Gasteiger partial charge in [0.2, 0.25) is 0 Å². The number of nitrogens with zero attached hydrogens (tertiary/aromatic N) is 2. The van der Waals surface area contributed by atoms with Crippen LogP contribution in [0.1, 0.15) is 22.8 Å². The number of aromatic nitrogens is 2. The zero-order valence-electron chi connectivity index (χ0n) is 9.55. The number of Topliss-reactive ketones (excluding diaryl/α,β-unsaturated/α-hetero) is 1. The Hall–Kier alpha value is -2.03. The fraction of sp³-hybridized carbons (Fsp3) is 0.214. The Morgan fingerprint density at radius 1 is 1.18 bits per heavy atom. The quantitative estimate of drug-likeness (QED) is 0.747. The van der Waals surface area contributed by atoms with E-state index in [0.29, 0.717) is 5.82 Å². The van der Waals surface area contributed by atoms with Crippen LogP contribution in [0, 0.1) is 5.92 Å². The highest BCUT2D eigenvalue weighted by Crippen LogP contribution is 2.33. The van der Waals surface area contributed by atoms with Crippen molar-refractivity contribution in [1.82, 2.24) is 9.97 Å². The van der Waals surface area contributed by atoms with E-state index in [1.807, 2.05) is 25.1 Å². The molecule has 3 heteroatoms. The number of fused-ring (bicyclic) bond motifs is 1. The average Bonchev–Trinajstić information content (AvgIpc) is 2.66. The van der Waals surface area contributed by atoms with Crippen molar-refractivity contribution in [2.75, 3.05) is 0 Å². The maximum Gasteiger partial charge on any atom is 0.167 e. The summed E-state index contributed by atoms with van der Waals surface area (Å²) in [7, 11) is 0. The SMILES string of the molecule is CC1Cc2cccc(-c3ncccn3)c2C1=O. The van der Waals surface area contributed by atoms with Crippen molar-refractivity contribution >= 4 is 5.78 Å². The molecule has 1 aliphatic carbocycles. The summed E-state index contributed by atoms with van der Waals surface area (Å²) in [5, 5.41) is 0. The van der Waals surface area contributed by atoms with Gasteiger partial charge in [0.15, 0.2) is 11.6 Å². The van der Waals surface area contributed by atoms with Crippen LogP contribution in [0.25, 0.3) is 11.4 Å². The Balaban J connectivity index is 2.21. The van der Waals surface area contributed by atoms with Crippen LogP contribution in [0.5, 0.6) is 0 Å². The molecule has 0 saturated heterocycles. The standard InChI is InChI=1S/C14H12N2O/c1-9-8-10-4-2-5-11(12(10)13(9)17)14-15-6-3-7-16-14/h2-7,9H,8H2,1H3. The van der Waals surface area contributed by atoms with Gasteiger partial charge in [0, 0.05) is 29.4 Å². The van der Waals surface area contributed by atoms with Crippen LogP contribution in [0.15, 0.2) is 36.7 Å². The summed E-state index contributed by atoms with van der Waals surface area (Å²) >= 11 is 0. The fourth-order valence-electron chi connectivity index (χ4n) is 2.35. The highest BCUT2D eigenvalue weighted by atomic mass is 16.1. The summed E-state index contributed by atoms with van der Waals surface area (Å²) in [6.07, 6.45) is 4.23. The summed E-state index contributed by atoms with van der Waals surface area (Å²) in [5.41, 5.74) is 2.79. The Morgan fingerprint density at radius 3 is 2.71 bits per heavy atom. The Labute approximate surface area is 99.5 Å². The molecule has 0 N–H and O–H groups in total. The van der Waals surface area contributed by atoms with Gasteiger partial charge in [-0.2, -0.15) is 0 Å². The summed E-state index contributed by atoms with van der Waals surface area (Å²) < 4.78 is 0.